The van der Waals surface area contributed by atoms with Crippen molar-refractivity contribution in [3.8, 4) is 11.3 Å². The van der Waals surface area contributed by atoms with Crippen molar-refractivity contribution in [3.05, 3.63) is 54.4 Å². The highest BCUT2D eigenvalue weighted by molar-refractivity contribution is 5.82. The topological polar surface area (TPSA) is 90.2 Å². The van der Waals surface area contributed by atoms with Gasteiger partial charge in [0.1, 0.15) is 29.5 Å². The molecule has 10 heteroatoms. The van der Waals surface area contributed by atoms with E-state index in [9.17, 15) is 4.39 Å². The number of rotatable bonds is 5. The van der Waals surface area contributed by atoms with Crippen molar-refractivity contribution >= 4 is 28.5 Å². The number of hydrogen-bond donors (Lipinski definition) is 1. The maximum absolute atomic E-state index is 14.8. The molecule has 0 saturated carbocycles. The number of hydrogen-bond acceptors (Lipinski definition) is 8. The molecular formula is C26H28FN7O2. The summed E-state index contributed by atoms with van der Waals surface area (Å²) in [6, 6.07) is 9.75. The van der Waals surface area contributed by atoms with E-state index in [-0.39, 0.29) is 29.9 Å². The number of halogens is 1. The largest absolute Gasteiger partial charge is 0.371 e. The number of aromatic nitrogens is 5. The van der Waals surface area contributed by atoms with Crippen LogP contribution in [0.15, 0.2) is 42.7 Å². The van der Waals surface area contributed by atoms with Crippen LogP contribution in [0.2, 0.25) is 0 Å². The van der Waals surface area contributed by atoms with Crippen LogP contribution in [-0.4, -0.2) is 63.0 Å². The lowest BCUT2D eigenvalue weighted by molar-refractivity contribution is -0.116. The molecule has 0 aliphatic carbocycles. The van der Waals surface area contributed by atoms with Crippen LogP contribution in [-0.2, 0) is 9.47 Å². The first-order valence-corrected chi connectivity index (χ1v) is 12.2. The number of ether oxygens (including phenoxy) is 2. The van der Waals surface area contributed by atoms with Crippen molar-refractivity contribution in [2.45, 2.75) is 39.0 Å². The SMILES string of the molecule is Cc1nc2ccc(-c3nc(Nc4ccc(N5C[C@@H]6OCCO[C@H]6C5)cn4)ncc3F)cc2n1C(C)C. The van der Waals surface area contributed by atoms with Crippen LogP contribution in [0.3, 0.4) is 0 Å². The summed E-state index contributed by atoms with van der Waals surface area (Å²) >= 11 is 0. The maximum Gasteiger partial charge on any atom is 0.229 e. The Morgan fingerprint density at radius 2 is 1.78 bits per heavy atom. The second-order valence-corrected chi connectivity index (χ2v) is 9.47. The quantitative estimate of drug-likeness (QED) is 0.445. The summed E-state index contributed by atoms with van der Waals surface area (Å²) in [5.41, 5.74) is 3.70. The molecule has 6 rings (SSSR count). The minimum atomic E-state index is -0.490. The molecule has 3 aromatic heterocycles. The Kier molecular flexibility index (Phi) is 5.77. The van der Waals surface area contributed by atoms with E-state index in [2.05, 4.69) is 48.6 Å². The third-order valence-corrected chi connectivity index (χ3v) is 6.72. The van der Waals surface area contributed by atoms with E-state index < -0.39 is 5.82 Å². The zero-order valence-electron chi connectivity index (χ0n) is 20.5. The summed E-state index contributed by atoms with van der Waals surface area (Å²) in [6.45, 7) is 9.03. The van der Waals surface area contributed by atoms with Gasteiger partial charge in [-0.1, -0.05) is 6.07 Å². The molecule has 2 aliphatic rings. The van der Waals surface area contributed by atoms with Crippen molar-refractivity contribution in [1.29, 1.82) is 0 Å². The Morgan fingerprint density at radius 3 is 2.47 bits per heavy atom. The standard InChI is InChI=1S/C26H28FN7O2/c1-15(2)34-16(3)30-20-6-4-17(10-21(20)34)25-19(27)12-29-26(32-25)31-24-7-5-18(11-28-24)33-13-22-23(14-33)36-9-8-35-22/h4-7,10-12,15,22-23H,8-9,13-14H2,1-3H3,(H,28,29,31,32)/t22-,23-/m0/s1. The van der Waals surface area contributed by atoms with Crippen molar-refractivity contribution in [2.24, 2.45) is 0 Å². The van der Waals surface area contributed by atoms with Crippen LogP contribution in [0.1, 0.15) is 25.7 Å². The van der Waals surface area contributed by atoms with E-state index in [0.29, 0.717) is 24.6 Å². The van der Waals surface area contributed by atoms with Gasteiger partial charge in [0, 0.05) is 24.7 Å². The van der Waals surface area contributed by atoms with E-state index in [4.69, 9.17) is 9.47 Å². The predicted octanol–water partition coefficient (Wildman–Crippen LogP) is 4.26. The Balaban J connectivity index is 1.23. The molecule has 0 radical (unpaired) electrons. The molecule has 0 amide bonds. The minimum absolute atomic E-state index is 0.102. The van der Waals surface area contributed by atoms with Gasteiger partial charge in [-0.25, -0.2) is 24.3 Å². The van der Waals surface area contributed by atoms with E-state index in [1.807, 2.05) is 37.3 Å². The van der Waals surface area contributed by atoms with Gasteiger partial charge in [-0.15, -0.1) is 0 Å². The maximum atomic E-state index is 14.8. The zero-order valence-corrected chi connectivity index (χ0v) is 20.5. The minimum Gasteiger partial charge on any atom is -0.371 e. The van der Waals surface area contributed by atoms with Crippen molar-refractivity contribution in [3.63, 3.8) is 0 Å². The number of benzene rings is 1. The molecule has 2 atom stereocenters. The summed E-state index contributed by atoms with van der Waals surface area (Å²) in [5, 5.41) is 3.09. The molecule has 9 nitrogen and oxygen atoms in total. The van der Waals surface area contributed by atoms with Gasteiger partial charge >= 0.3 is 0 Å². The smallest absolute Gasteiger partial charge is 0.229 e. The first-order chi connectivity index (χ1) is 17.5. The predicted molar refractivity (Wildman–Crippen MR) is 135 cm³/mol. The number of imidazole rings is 1. The fourth-order valence-electron chi connectivity index (χ4n) is 5.08. The van der Waals surface area contributed by atoms with Gasteiger partial charge in [0.15, 0.2) is 5.82 Å². The number of fused-ring (bicyclic) bond motifs is 2. The van der Waals surface area contributed by atoms with E-state index in [1.54, 1.807) is 6.20 Å². The number of nitrogens with one attached hydrogen (secondary N) is 1. The molecule has 2 saturated heterocycles. The summed E-state index contributed by atoms with van der Waals surface area (Å²) in [6.07, 6.45) is 3.18. The van der Waals surface area contributed by atoms with Crippen molar-refractivity contribution in [2.75, 3.05) is 36.5 Å². The molecule has 0 bridgehead atoms. The Hall–Kier alpha value is -3.63. The third-order valence-electron chi connectivity index (χ3n) is 6.72. The zero-order chi connectivity index (χ0) is 24.8. The number of nitrogens with zero attached hydrogens (tertiary/aromatic N) is 6. The van der Waals surface area contributed by atoms with E-state index >= 15 is 0 Å². The molecule has 5 heterocycles. The van der Waals surface area contributed by atoms with Gasteiger partial charge in [-0.3, -0.25) is 0 Å². The fraction of sp³-hybridized carbons (Fsp3) is 0.385. The lowest BCUT2D eigenvalue weighted by Crippen LogP contribution is -2.36. The molecular weight excluding hydrogens is 461 g/mol. The Labute approximate surface area is 208 Å². The van der Waals surface area contributed by atoms with Gasteiger partial charge in [0.2, 0.25) is 5.95 Å². The highest BCUT2D eigenvalue weighted by atomic mass is 19.1. The monoisotopic (exact) mass is 489 g/mol. The van der Waals surface area contributed by atoms with Gasteiger partial charge < -0.3 is 24.3 Å². The van der Waals surface area contributed by atoms with E-state index in [0.717, 1.165) is 35.6 Å². The van der Waals surface area contributed by atoms with Gasteiger partial charge in [0.25, 0.3) is 0 Å². The molecule has 2 fully saturated rings. The first-order valence-electron chi connectivity index (χ1n) is 12.2. The normalized spacial score (nSPS) is 19.8. The third kappa shape index (κ3) is 4.16. The van der Waals surface area contributed by atoms with Gasteiger partial charge in [-0.05, 0) is 45.0 Å². The van der Waals surface area contributed by atoms with Crippen molar-refractivity contribution in [1.82, 2.24) is 24.5 Å². The fourth-order valence-corrected chi connectivity index (χ4v) is 5.08. The van der Waals surface area contributed by atoms with Crippen LogP contribution in [0.25, 0.3) is 22.3 Å². The van der Waals surface area contributed by atoms with Gasteiger partial charge in [0.05, 0.1) is 42.3 Å². The van der Waals surface area contributed by atoms with E-state index in [1.165, 1.54) is 6.20 Å². The lowest BCUT2D eigenvalue weighted by Gasteiger charge is -2.24. The molecule has 0 spiro atoms. The molecule has 2 aliphatic heterocycles. The molecule has 1 aromatic carbocycles. The number of pyridine rings is 1. The van der Waals surface area contributed by atoms with Crippen molar-refractivity contribution < 1.29 is 13.9 Å². The highest BCUT2D eigenvalue weighted by Crippen LogP contribution is 2.29. The van der Waals surface area contributed by atoms with Crippen LogP contribution >= 0.6 is 0 Å². The Morgan fingerprint density at radius 1 is 1.00 bits per heavy atom. The van der Waals surface area contributed by atoms with Crippen LogP contribution in [0, 0.1) is 12.7 Å². The molecule has 1 N–H and O–H groups in total. The second-order valence-electron chi connectivity index (χ2n) is 9.47. The summed E-state index contributed by atoms with van der Waals surface area (Å²) in [4.78, 5) is 19.9. The molecule has 4 aromatic rings. The summed E-state index contributed by atoms with van der Waals surface area (Å²) < 4.78 is 28.5. The Bertz CT molecular complexity index is 1390. The molecule has 186 valence electrons. The summed E-state index contributed by atoms with van der Waals surface area (Å²) in [7, 11) is 0. The van der Waals surface area contributed by atoms with Crippen LogP contribution < -0.4 is 10.2 Å². The number of aryl methyl sites for hydroxylation is 1. The number of anilines is 3. The average molecular weight is 490 g/mol. The molecule has 0 unspecified atom stereocenters. The highest BCUT2D eigenvalue weighted by Gasteiger charge is 2.36. The average Bonchev–Trinajstić information content (AvgIpc) is 3.45. The van der Waals surface area contributed by atoms with Crippen LogP contribution in [0.5, 0.6) is 0 Å². The first kappa shape index (κ1) is 22.8. The second kappa shape index (κ2) is 9.11. The summed E-state index contributed by atoms with van der Waals surface area (Å²) in [5.74, 6) is 1.28. The lowest BCUT2D eigenvalue weighted by atomic mass is 10.1. The van der Waals surface area contributed by atoms with Gasteiger partial charge in [-0.2, -0.15) is 0 Å². The molecule has 36 heavy (non-hydrogen) atoms. The van der Waals surface area contributed by atoms with Crippen LogP contribution in [0.4, 0.5) is 21.8 Å².